The molecule has 0 aliphatic carbocycles. The molecular weight excluding hydrogens is 268 g/mol. The molecule has 0 aliphatic heterocycles. The van der Waals surface area contributed by atoms with E-state index >= 15 is 0 Å². The van der Waals surface area contributed by atoms with E-state index in [1.54, 1.807) is 0 Å². The Balaban J connectivity index is 3.15. The molecule has 1 aromatic rings. The second-order valence-corrected chi connectivity index (χ2v) is 5.25. The van der Waals surface area contributed by atoms with Crippen LogP contribution in [0.4, 0.5) is 0 Å². The van der Waals surface area contributed by atoms with Crippen molar-refractivity contribution in [3.05, 3.63) is 28.8 Å². The van der Waals surface area contributed by atoms with Crippen molar-refractivity contribution in [3.8, 4) is 0 Å². The van der Waals surface area contributed by atoms with Crippen LogP contribution in [0.25, 0.3) is 0 Å². The molecular formula is C10H9ClO5S. The summed E-state index contributed by atoms with van der Waals surface area (Å²) >= 11 is 5.71. The Kier molecular flexibility index (Phi) is 4.03. The molecule has 0 heterocycles. The lowest BCUT2D eigenvalue weighted by Crippen LogP contribution is -2.06. The Labute approximate surface area is 103 Å². The van der Waals surface area contributed by atoms with Crippen molar-refractivity contribution >= 4 is 33.3 Å². The molecule has 0 aliphatic rings. The van der Waals surface area contributed by atoms with Crippen molar-refractivity contribution < 1.29 is 22.6 Å². The highest BCUT2D eigenvalue weighted by molar-refractivity contribution is 7.85. The van der Waals surface area contributed by atoms with E-state index in [0.717, 1.165) is 18.2 Å². The van der Waals surface area contributed by atoms with Gasteiger partial charge < -0.3 is 0 Å². The molecule has 0 saturated carbocycles. The van der Waals surface area contributed by atoms with Crippen LogP contribution in [-0.2, 0) is 14.9 Å². The van der Waals surface area contributed by atoms with Crippen LogP contribution in [0.15, 0.2) is 23.1 Å². The summed E-state index contributed by atoms with van der Waals surface area (Å²) in [5.41, 5.74) is 0.0502. The molecule has 0 amide bonds. The minimum Gasteiger partial charge on any atom is -0.300 e. The molecule has 0 unspecified atom stereocenters. The van der Waals surface area contributed by atoms with E-state index in [1.807, 2.05) is 0 Å². The molecule has 0 spiro atoms. The van der Waals surface area contributed by atoms with E-state index in [0.29, 0.717) is 0 Å². The molecule has 17 heavy (non-hydrogen) atoms. The summed E-state index contributed by atoms with van der Waals surface area (Å²) in [6, 6.07) is 3.18. The maximum Gasteiger partial charge on any atom is 0.294 e. The number of Topliss-reactive ketones (excluding diaryl/α,β-unsaturated/α-hetero) is 2. The SMILES string of the molecule is CC(=O)CC(=O)c1ccc(S(=O)(=O)O)cc1Cl. The van der Waals surface area contributed by atoms with Gasteiger partial charge in [-0.15, -0.1) is 0 Å². The van der Waals surface area contributed by atoms with Crippen molar-refractivity contribution in [2.45, 2.75) is 18.2 Å². The first-order chi connectivity index (χ1) is 7.71. The summed E-state index contributed by atoms with van der Waals surface area (Å²) in [5, 5.41) is -0.119. The lowest BCUT2D eigenvalue weighted by molar-refractivity contribution is -0.116. The minimum atomic E-state index is -4.35. The standard InChI is InChI=1S/C10H9ClO5S/c1-6(12)4-10(13)8-3-2-7(5-9(8)11)17(14,15)16/h2-3,5H,4H2,1H3,(H,14,15,16). The molecule has 5 nitrogen and oxygen atoms in total. The first-order valence-corrected chi connectivity index (χ1v) is 6.33. The number of halogens is 1. The molecule has 0 bridgehead atoms. The first kappa shape index (κ1) is 13.8. The summed E-state index contributed by atoms with van der Waals surface area (Å²) < 4.78 is 30.4. The number of carbonyl (C=O) groups is 2. The zero-order valence-electron chi connectivity index (χ0n) is 8.81. The maximum absolute atomic E-state index is 11.5. The highest BCUT2D eigenvalue weighted by atomic mass is 35.5. The molecule has 1 rings (SSSR count). The van der Waals surface area contributed by atoms with Crippen LogP contribution < -0.4 is 0 Å². The second kappa shape index (κ2) is 4.95. The van der Waals surface area contributed by atoms with Crippen molar-refractivity contribution in [2.75, 3.05) is 0 Å². The number of ketones is 2. The second-order valence-electron chi connectivity index (χ2n) is 3.42. The summed E-state index contributed by atoms with van der Waals surface area (Å²) in [6.07, 6.45) is -0.301. The van der Waals surface area contributed by atoms with Gasteiger partial charge in [0.05, 0.1) is 16.3 Å². The first-order valence-electron chi connectivity index (χ1n) is 4.51. The van der Waals surface area contributed by atoms with E-state index in [1.165, 1.54) is 6.92 Å². The molecule has 0 aromatic heterocycles. The third-order valence-electron chi connectivity index (χ3n) is 1.95. The van der Waals surface area contributed by atoms with Crippen LogP contribution in [0, 0.1) is 0 Å². The molecule has 0 fully saturated rings. The van der Waals surface area contributed by atoms with Gasteiger partial charge in [0.25, 0.3) is 10.1 Å². The molecule has 92 valence electrons. The van der Waals surface area contributed by atoms with Gasteiger partial charge in [0, 0.05) is 5.56 Å². The number of hydrogen-bond donors (Lipinski definition) is 1. The highest BCUT2D eigenvalue weighted by Crippen LogP contribution is 2.22. The van der Waals surface area contributed by atoms with Gasteiger partial charge in [-0.2, -0.15) is 8.42 Å². The lowest BCUT2D eigenvalue weighted by atomic mass is 10.1. The van der Waals surface area contributed by atoms with Crippen LogP contribution in [-0.4, -0.2) is 24.5 Å². The zero-order valence-corrected chi connectivity index (χ0v) is 10.4. The average Bonchev–Trinajstić information content (AvgIpc) is 2.14. The topological polar surface area (TPSA) is 88.5 Å². The summed E-state index contributed by atoms with van der Waals surface area (Å²) in [6.45, 7) is 1.26. The lowest BCUT2D eigenvalue weighted by Gasteiger charge is -2.03. The Morgan fingerprint density at radius 1 is 1.35 bits per heavy atom. The molecule has 0 saturated heterocycles. The summed E-state index contributed by atoms with van der Waals surface area (Å²) in [5.74, 6) is -0.811. The van der Waals surface area contributed by atoms with E-state index in [4.69, 9.17) is 16.2 Å². The largest absolute Gasteiger partial charge is 0.300 e. The summed E-state index contributed by atoms with van der Waals surface area (Å²) in [4.78, 5) is 21.9. The normalized spacial score (nSPS) is 11.2. The summed E-state index contributed by atoms with van der Waals surface area (Å²) in [7, 11) is -4.35. The quantitative estimate of drug-likeness (QED) is 0.514. The average molecular weight is 277 g/mol. The van der Waals surface area contributed by atoms with Crippen molar-refractivity contribution in [2.24, 2.45) is 0 Å². The van der Waals surface area contributed by atoms with Crippen molar-refractivity contribution in [1.82, 2.24) is 0 Å². The van der Waals surface area contributed by atoms with Gasteiger partial charge in [-0.3, -0.25) is 14.1 Å². The van der Waals surface area contributed by atoms with Gasteiger partial charge in [-0.1, -0.05) is 11.6 Å². The number of rotatable bonds is 4. The third-order valence-corrected chi connectivity index (χ3v) is 3.11. The van der Waals surface area contributed by atoms with Gasteiger partial charge in [0.15, 0.2) is 5.78 Å². The third kappa shape index (κ3) is 3.62. The smallest absolute Gasteiger partial charge is 0.294 e. The predicted molar refractivity (Wildman–Crippen MR) is 60.9 cm³/mol. The minimum absolute atomic E-state index is 0.0502. The van der Waals surface area contributed by atoms with E-state index in [9.17, 15) is 18.0 Å². The predicted octanol–water partition coefficient (Wildman–Crippen LogP) is 1.75. The Hall–Kier alpha value is -1.24. The van der Waals surface area contributed by atoms with Crippen LogP contribution in [0.2, 0.25) is 5.02 Å². The molecule has 0 atom stereocenters. The van der Waals surface area contributed by atoms with Crippen LogP contribution in [0.3, 0.4) is 0 Å². The fourth-order valence-electron chi connectivity index (χ4n) is 1.20. The van der Waals surface area contributed by atoms with Crippen molar-refractivity contribution in [3.63, 3.8) is 0 Å². The van der Waals surface area contributed by atoms with Gasteiger partial charge in [0.2, 0.25) is 0 Å². The number of benzene rings is 1. The molecule has 1 aromatic carbocycles. The van der Waals surface area contributed by atoms with Gasteiger partial charge >= 0.3 is 0 Å². The number of carbonyl (C=O) groups excluding carboxylic acids is 2. The fourth-order valence-corrected chi connectivity index (χ4v) is 2.06. The van der Waals surface area contributed by atoms with Crippen molar-refractivity contribution in [1.29, 1.82) is 0 Å². The molecule has 7 heteroatoms. The van der Waals surface area contributed by atoms with Crippen LogP contribution in [0.5, 0.6) is 0 Å². The monoisotopic (exact) mass is 276 g/mol. The van der Waals surface area contributed by atoms with E-state index in [-0.39, 0.29) is 22.8 Å². The van der Waals surface area contributed by atoms with Gasteiger partial charge in [0.1, 0.15) is 5.78 Å². The highest BCUT2D eigenvalue weighted by Gasteiger charge is 2.16. The van der Waals surface area contributed by atoms with E-state index < -0.39 is 20.8 Å². The van der Waals surface area contributed by atoms with Crippen LogP contribution >= 0.6 is 11.6 Å². The Morgan fingerprint density at radius 3 is 2.35 bits per heavy atom. The van der Waals surface area contributed by atoms with E-state index in [2.05, 4.69) is 0 Å². The Morgan fingerprint density at radius 2 is 1.94 bits per heavy atom. The Bertz CT molecular complexity index is 576. The molecule has 0 radical (unpaired) electrons. The molecule has 1 N–H and O–H groups in total. The zero-order chi connectivity index (χ0) is 13.2. The number of hydrogen-bond acceptors (Lipinski definition) is 4. The van der Waals surface area contributed by atoms with Crippen LogP contribution in [0.1, 0.15) is 23.7 Å². The van der Waals surface area contributed by atoms with Gasteiger partial charge in [-0.25, -0.2) is 0 Å². The maximum atomic E-state index is 11.5. The van der Waals surface area contributed by atoms with Gasteiger partial charge in [-0.05, 0) is 25.1 Å². The fraction of sp³-hybridized carbons (Fsp3) is 0.200.